The van der Waals surface area contributed by atoms with E-state index in [0.717, 1.165) is 18.4 Å². The molecule has 1 N–H and O–H groups in total. The normalized spacial score (nSPS) is 24.5. The molecule has 7 nitrogen and oxygen atoms in total. The lowest BCUT2D eigenvalue weighted by atomic mass is 9.83. The fraction of sp³-hybridized carbons (Fsp3) is 0.462. The molecule has 1 atom stereocenters. The number of rotatable bonds is 6. The summed E-state index contributed by atoms with van der Waals surface area (Å²) in [5.41, 5.74) is 0.506. The summed E-state index contributed by atoms with van der Waals surface area (Å²) >= 11 is 0. The molecule has 1 spiro atoms. The molecule has 1 heterocycles. The van der Waals surface area contributed by atoms with Crippen LogP contribution in [0.1, 0.15) is 48.5 Å². The molecular weight excluding hydrogens is 420 g/mol. The van der Waals surface area contributed by atoms with Crippen LogP contribution in [0.5, 0.6) is 11.5 Å². The minimum Gasteiger partial charge on any atom is -0.496 e. The van der Waals surface area contributed by atoms with E-state index in [4.69, 9.17) is 14.2 Å². The molecule has 0 aromatic heterocycles. The Labute approximate surface area is 195 Å². The van der Waals surface area contributed by atoms with E-state index in [2.05, 4.69) is 12.2 Å². The van der Waals surface area contributed by atoms with Crippen LogP contribution < -0.4 is 14.8 Å². The minimum absolute atomic E-state index is 0.165. The Morgan fingerprint density at radius 1 is 1.03 bits per heavy atom. The van der Waals surface area contributed by atoms with Crippen LogP contribution in [0, 0.1) is 5.92 Å². The molecule has 1 saturated heterocycles. The molecule has 2 amide bonds. The van der Waals surface area contributed by atoms with Gasteiger partial charge in [-0.3, -0.25) is 14.5 Å². The Kier molecular flexibility index (Phi) is 6.88. The monoisotopic (exact) mass is 452 g/mol. The summed E-state index contributed by atoms with van der Waals surface area (Å²) in [7, 11) is 3.04. The van der Waals surface area contributed by atoms with Crippen molar-refractivity contribution in [3.8, 4) is 11.5 Å². The van der Waals surface area contributed by atoms with Crippen molar-refractivity contribution in [2.45, 2.75) is 50.9 Å². The molecule has 0 bridgehead atoms. The van der Waals surface area contributed by atoms with E-state index >= 15 is 0 Å². The molecule has 7 heteroatoms. The van der Waals surface area contributed by atoms with Gasteiger partial charge in [-0.2, -0.15) is 0 Å². The van der Waals surface area contributed by atoms with Crippen LogP contribution in [0.15, 0.2) is 48.5 Å². The Morgan fingerprint density at radius 3 is 2.27 bits per heavy atom. The summed E-state index contributed by atoms with van der Waals surface area (Å²) < 4.78 is 17.3. The van der Waals surface area contributed by atoms with Crippen molar-refractivity contribution in [1.82, 2.24) is 10.2 Å². The van der Waals surface area contributed by atoms with Crippen molar-refractivity contribution in [1.29, 1.82) is 0 Å². The van der Waals surface area contributed by atoms with Gasteiger partial charge in [0.2, 0.25) is 5.91 Å². The maximum Gasteiger partial charge on any atom is 0.264 e. The summed E-state index contributed by atoms with van der Waals surface area (Å²) in [6.07, 6.45) is 3.26. The molecule has 1 aliphatic heterocycles. The van der Waals surface area contributed by atoms with Crippen LogP contribution in [0.4, 0.5) is 0 Å². The molecular formula is C26H32N2O5. The highest BCUT2D eigenvalue weighted by Gasteiger charge is 2.54. The highest BCUT2D eigenvalue weighted by molar-refractivity contribution is 6.02. The van der Waals surface area contributed by atoms with Gasteiger partial charge in [-0.25, -0.2) is 0 Å². The first-order valence-electron chi connectivity index (χ1n) is 11.5. The van der Waals surface area contributed by atoms with Gasteiger partial charge in [0.1, 0.15) is 28.8 Å². The lowest BCUT2D eigenvalue weighted by molar-refractivity contribution is -0.128. The number of ether oxygens (including phenoxy) is 3. The molecule has 2 aliphatic rings. The second-order valence-electron chi connectivity index (χ2n) is 8.87. The largest absolute Gasteiger partial charge is 0.496 e. The van der Waals surface area contributed by atoms with Crippen molar-refractivity contribution >= 4 is 11.8 Å². The highest BCUT2D eigenvalue weighted by atomic mass is 16.5. The number of methoxy groups -OCH3 is 2. The standard InChI is InChI=1S/C26H32N2O5/c1-18-12-14-26(15-13-18)28(25(30)23-21(31-2)10-7-11-22(23)32-3)20(17-33-26)24(29)27-16-19-8-5-4-6-9-19/h4-11,18,20H,12-17H2,1-3H3,(H,27,29). The molecule has 1 unspecified atom stereocenters. The van der Waals surface area contributed by atoms with E-state index < -0.39 is 11.8 Å². The van der Waals surface area contributed by atoms with Crippen molar-refractivity contribution in [2.24, 2.45) is 5.92 Å². The molecule has 33 heavy (non-hydrogen) atoms. The number of amides is 2. The Morgan fingerprint density at radius 2 is 1.67 bits per heavy atom. The summed E-state index contributed by atoms with van der Waals surface area (Å²) in [6, 6.07) is 14.2. The van der Waals surface area contributed by atoms with Crippen LogP contribution >= 0.6 is 0 Å². The van der Waals surface area contributed by atoms with E-state index in [-0.39, 0.29) is 18.4 Å². The summed E-state index contributed by atoms with van der Waals surface area (Å²) in [5, 5.41) is 2.99. The van der Waals surface area contributed by atoms with Crippen LogP contribution in [-0.4, -0.2) is 49.3 Å². The number of carbonyl (C=O) groups is 2. The predicted octanol–water partition coefficient (Wildman–Crippen LogP) is 3.77. The number of hydrogen-bond donors (Lipinski definition) is 1. The van der Waals surface area contributed by atoms with Crippen LogP contribution in [0.3, 0.4) is 0 Å². The first-order valence-corrected chi connectivity index (χ1v) is 11.5. The summed E-state index contributed by atoms with van der Waals surface area (Å²) in [5.74, 6) is 0.846. The van der Waals surface area contributed by atoms with E-state index in [0.29, 0.717) is 42.4 Å². The Bertz CT molecular complexity index is 963. The zero-order valence-corrected chi connectivity index (χ0v) is 19.5. The van der Waals surface area contributed by atoms with Crippen LogP contribution in [-0.2, 0) is 16.1 Å². The maximum absolute atomic E-state index is 14.1. The lowest BCUT2D eigenvalue weighted by Gasteiger charge is -2.43. The third-order valence-electron chi connectivity index (χ3n) is 6.79. The summed E-state index contributed by atoms with van der Waals surface area (Å²) in [4.78, 5) is 29.0. The van der Waals surface area contributed by atoms with Gasteiger partial charge in [0.25, 0.3) is 5.91 Å². The van der Waals surface area contributed by atoms with E-state index in [1.165, 1.54) is 14.2 Å². The SMILES string of the molecule is COc1cccc(OC)c1C(=O)N1C(C(=O)NCc2ccccc2)COC12CCC(C)CC2. The molecule has 1 saturated carbocycles. The first-order chi connectivity index (χ1) is 16.0. The number of hydrogen-bond acceptors (Lipinski definition) is 5. The van der Waals surface area contributed by atoms with Gasteiger partial charge in [0.05, 0.1) is 20.8 Å². The second-order valence-corrected chi connectivity index (χ2v) is 8.87. The van der Waals surface area contributed by atoms with Crippen molar-refractivity contribution in [3.63, 3.8) is 0 Å². The average Bonchev–Trinajstić information content (AvgIpc) is 3.23. The fourth-order valence-electron chi connectivity index (χ4n) is 4.87. The lowest BCUT2D eigenvalue weighted by Crippen LogP contribution is -2.56. The van der Waals surface area contributed by atoms with Crippen LogP contribution in [0.2, 0.25) is 0 Å². The number of benzene rings is 2. The molecule has 2 aromatic rings. The van der Waals surface area contributed by atoms with Gasteiger partial charge in [-0.15, -0.1) is 0 Å². The number of carbonyl (C=O) groups excluding carboxylic acids is 2. The van der Waals surface area contributed by atoms with Gasteiger partial charge in [0.15, 0.2) is 0 Å². The van der Waals surface area contributed by atoms with Gasteiger partial charge >= 0.3 is 0 Å². The van der Waals surface area contributed by atoms with Gasteiger partial charge < -0.3 is 19.5 Å². The smallest absolute Gasteiger partial charge is 0.264 e. The van der Waals surface area contributed by atoms with Gasteiger partial charge in [-0.05, 0) is 49.3 Å². The maximum atomic E-state index is 14.1. The van der Waals surface area contributed by atoms with E-state index in [1.54, 1.807) is 23.1 Å². The van der Waals surface area contributed by atoms with E-state index in [1.807, 2.05) is 30.3 Å². The molecule has 4 rings (SSSR count). The molecule has 176 valence electrons. The van der Waals surface area contributed by atoms with Gasteiger partial charge in [-0.1, -0.05) is 43.3 Å². The third kappa shape index (κ3) is 4.55. The fourth-order valence-corrected chi connectivity index (χ4v) is 4.87. The topological polar surface area (TPSA) is 77.1 Å². The molecule has 2 fully saturated rings. The Hall–Kier alpha value is -3.06. The molecule has 2 aromatic carbocycles. The number of nitrogens with one attached hydrogen (secondary N) is 1. The number of nitrogens with zero attached hydrogens (tertiary/aromatic N) is 1. The van der Waals surface area contributed by atoms with Gasteiger partial charge in [0, 0.05) is 6.54 Å². The quantitative estimate of drug-likeness (QED) is 0.722. The third-order valence-corrected chi connectivity index (χ3v) is 6.79. The van der Waals surface area contributed by atoms with Crippen molar-refractivity contribution < 1.29 is 23.8 Å². The average molecular weight is 453 g/mol. The summed E-state index contributed by atoms with van der Waals surface area (Å²) in [6.45, 7) is 2.76. The van der Waals surface area contributed by atoms with Crippen LogP contribution in [0.25, 0.3) is 0 Å². The Balaban J connectivity index is 1.66. The highest BCUT2D eigenvalue weighted by Crippen LogP contribution is 2.44. The minimum atomic E-state index is -0.801. The zero-order chi connectivity index (χ0) is 23.4. The zero-order valence-electron chi connectivity index (χ0n) is 19.5. The molecule has 1 aliphatic carbocycles. The van der Waals surface area contributed by atoms with Crippen molar-refractivity contribution in [2.75, 3.05) is 20.8 Å². The van der Waals surface area contributed by atoms with Crippen molar-refractivity contribution in [3.05, 3.63) is 59.7 Å². The second kappa shape index (κ2) is 9.83. The predicted molar refractivity (Wildman–Crippen MR) is 124 cm³/mol. The first kappa shape index (κ1) is 23.1. The molecule has 0 radical (unpaired) electrons. The van der Waals surface area contributed by atoms with E-state index in [9.17, 15) is 9.59 Å².